The van der Waals surface area contributed by atoms with Gasteiger partial charge in [-0.1, -0.05) is 30.3 Å². The number of aliphatic hydroxyl groups is 1. The van der Waals surface area contributed by atoms with Gasteiger partial charge in [-0.25, -0.2) is 0 Å². The van der Waals surface area contributed by atoms with E-state index in [1.165, 1.54) is 12.8 Å². The van der Waals surface area contributed by atoms with Crippen LogP contribution in [0.15, 0.2) is 30.3 Å². The Hall–Kier alpha value is -0.950. The van der Waals surface area contributed by atoms with Crippen molar-refractivity contribution in [1.29, 1.82) is 0 Å². The number of piperidine rings is 1. The van der Waals surface area contributed by atoms with Gasteiger partial charge in [0.05, 0.1) is 31.8 Å². The van der Waals surface area contributed by atoms with Crippen LogP contribution in [0, 0.1) is 0 Å². The van der Waals surface area contributed by atoms with Crippen LogP contribution in [0.2, 0.25) is 0 Å². The van der Waals surface area contributed by atoms with Gasteiger partial charge in [-0.15, -0.1) is 0 Å². The highest BCUT2D eigenvalue weighted by Crippen LogP contribution is 2.44. The first-order valence-corrected chi connectivity index (χ1v) is 9.18. The topological polar surface area (TPSA) is 78.0 Å². The third-order valence-corrected chi connectivity index (χ3v) is 6.54. The van der Waals surface area contributed by atoms with E-state index in [1.807, 2.05) is 30.3 Å². The van der Waals surface area contributed by atoms with Crippen LogP contribution in [0.4, 0.5) is 0 Å². The normalized spacial score (nSPS) is 30.9. The number of nitrogens with zero attached hydrogens (tertiary/aromatic N) is 1. The molecule has 0 saturated carbocycles. The van der Waals surface area contributed by atoms with Crippen molar-refractivity contribution < 1.29 is 41.6 Å². The summed E-state index contributed by atoms with van der Waals surface area (Å²) < 4.78 is 6.96. The summed E-state index contributed by atoms with van der Waals surface area (Å²) in [6, 6.07) is 11.2. The summed E-state index contributed by atoms with van der Waals surface area (Å²) in [5.41, 5.74) is 0.826. The summed E-state index contributed by atoms with van der Waals surface area (Å²) in [4.78, 5) is 12.6. The van der Waals surface area contributed by atoms with Crippen molar-refractivity contribution in [2.75, 3.05) is 13.7 Å². The van der Waals surface area contributed by atoms with E-state index >= 15 is 0 Å². The van der Waals surface area contributed by atoms with E-state index in [1.54, 1.807) is 0 Å². The van der Waals surface area contributed by atoms with E-state index in [9.17, 15) is 9.90 Å². The van der Waals surface area contributed by atoms with Gasteiger partial charge in [-0.2, -0.15) is 0 Å². The third kappa shape index (κ3) is 4.14. The predicted molar refractivity (Wildman–Crippen MR) is 97.1 cm³/mol. The lowest BCUT2D eigenvalue weighted by molar-refractivity contribution is -0.968. The minimum Gasteiger partial charge on any atom is -1.00 e. The highest BCUT2D eigenvalue weighted by Gasteiger charge is 2.53. The standard InChI is InChI=1S/C20H30NO3.BrH.H2O/c1-14(2)21(3)16-9-10-17(21)12-18(11-16)24-20(23)19(13-22)15-7-5-4-6-8-15;;/h4-8,14,16-19,22H,9-13H2,1-3H3;1H;1H2/q+1;;/p-1/t16-,17?,18?,19?,21?;;/m0../s1. The number of carbonyl (C=O) groups is 1. The van der Waals surface area contributed by atoms with E-state index in [4.69, 9.17) is 4.74 Å². The Bertz CT molecular complexity index is 566. The maximum absolute atomic E-state index is 12.6. The SMILES string of the molecule is CC(C)[N+]1(C)C2CC[C@H]1CC(OC(=O)C(CO)c1ccccc1)C2.O.[Br-]. The molecule has 2 bridgehead atoms. The zero-order valence-electron chi connectivity index (χ0n) is 15.9. The maximum Gasteiger partial charge on any atom is 0.316 e. The number of fused-ring (bicyclic) bond motifs is 2. The number of ether oxygens (including phenoxy) is 1. The van der Waals surface area contributed by atoms with Crippen LogP contribution >= 0.6 is 0 Å². The van der Waals surface area contributed by atoms with E-state index in [-0.39, 0.29) is 41.1 Å². The van der Waals surface area contributed by atoms with E-state index in [0.29, 0.717) is 18.1 Å². The minimum absolute atomic E-state index is 0. The van der Waals surface area contributed by atoms with Gasteiger partial charge in [0, 0.05) is 25.7 Å². The molecular formula is C20H32BrNO4. The molecule has 2 fully saturated rings. The summed E-state index contributed by atoms with van der Waals surface area (Å²) in [6.45, 7) is 4.39. The van der Waals surface area contributed by atoms with E-state index in [0.717, 1.165) is 22.9 Å². The molecule has 2 heterocycles. The molecule has 1 aromatic rings. The van der Waals surface area contributed by atoms with Crippen molar-refractivity contribution in [2.45, 2.75) is 69.7 Å². The van der Waals surface area contributed by atoms with Crippen LogP contribution in [0.3, 0.4) is 0 Å². The molecule has 3 rings (SSSR count). The Morgan fingerprint density at radius 3 is 2.19 bits per heavy atom. The van der Waals surface area contributed by atoms with Crippen LogP contribution in [-0.4, -0.2) is 58.9 Å². The first-order valence-electron chi connectivity index (χ1n) is 9.18. The fourth-order valence-electron chi connectivity index (χ4n) is 4.82. The monoisotopic (exact) mass is 429 g/mol. The van der Waals surface area contributed by atoms with Gasteiger partial charge in [-0.05, 0) is 19.4 Å². The molecule has 148 valence electrons. The summed E-state index contributed by atoms with van der Waals surface area (Å²) in [5.74, 6) is -0.856. The number of esters is 1. The second kappa shape index (κ2) is 9.31. The molecule has 5 atom stereocenters. The maximum atomic E-state index is 12.6. The molecule has 0 amide bonds. The molecule has 0 aliphatic carbocycles. The molecule has 2 aliphatic heterocycles. The summed E-state index contributed by atoms with van der Waals surface area (Å²) >= 11 is 0. The average molecular weight is 430 g/mol. The van der Waals surface area contributed by atoms with Gasteiger partial charge >= 0.3 is 5.97 Å². The molecule has 0 radical (unpaired) electrons. The minimum atomic E-state index is -0.572. The lowest BCUT2D eigenvalue weighted by atomic mass is 9.94. The smallest absolute Gasteiger partial charge is 0.316 e. The molecule has 0 aromatic heterocycles. The van der Waals surface area contributed by atoms with Gasteiger partial charge in [0.1, 0.15) is 12.0 Å². The average Bonchev–Trinajstić information content (AvgIpc) is 2.74. The molecule has 0 spiro atoms. The molecule has 26 heavy (non-hydrogen) atoms. The lowest BCUT2D eigenvalue weighted by Crippen LogP contribution is -3.00. The Morgan fingerprint density at radius 2 is 1.73 bits per heavy atom. The van der Waals surface area contributed by atoms with Gasteiger partial charge < -0.3 is 36.8 Å². The number of benzene rings is 1. The summed E-state index contributed by atoms with van der Waals surface area (Å²) in [6.07, 6.45) is 4.36. The van der Waals surface area contributed by atoms with Gasteiger partial charge in [0.15, 0.2) is 0 Å². The molecule has 6 heteroatoms. The Morgan fingerprint density at radius 1 is 1.19 bits per heavy atom. The molecule has 2 saturated heterocycles. The number of carbonyl (C=O) groups excluding carboxylic acids is 1. The molecular weight excluding hydrogens is 398 g/mol. The summed E-state index contributed by atoms with van der Waals surface area (Å²) in [7, 11) is 2.37. The largest absolute Gasteiger partial charge is 1.00 e. The zero-order chi connectivity index (χ0) is 17.3. The number of hydrogen-bond acceptors (Lipinski definition) is 3. The third-order valence-electron chi connectivity index (χ3n) is 6.54. The fourth-order valence-corrected chi connectivity index (χ4v) is 4.82. The number of halogens is 1. The van der Waals surface area contributed by atoms with Crippen molar-refractivity contribution in [3.63, 3.8) is 0 Å². The molecule has 4 unspecified atom stereocenters. The van der Waals surface area contributed by atoms with Crippen molar-refractivity contribution in [3.05, 3.63) is 35.9 Å². The number of aliphatic hydroxyl groups excluding tert-OH is 1. The predicted octanol–water partition coefficient (Wildman–Crippen LogP) is -0.967. The van der Waals surface area contributed by atoms with Gasteiger partial charge in [0.25, 0.3) is 0 Å². The Balaban J connectivity index is 0.00000169. The van der Waals surface area contributed by atoms with Crippen LogP contribution in [0.1, 0.15) is 51.0 Å². The molecule has 3 N–H and O–H groups in total. The van der Waals surface area contributed by atoms with Crippen molar-refractivity contribution in [2.24, 2.45) is 0 Å². The van der Waals surface area contributed by atoms with Crippen LogP contribution < -0.4 is 17.0 Å². The van der Waals surface area contributed by atoms with E-state index in [2.05, 4.69) is 20.9 Å². The number of rotatable bonds is 5. The van der Waals surface area contributed by atoms with Crippen molar-refractivity contribution in [3.8, 4) is 0 Å². The zero-order valence-corrected chi connectivity index (χ0v) is 17.5. The first-order chi connectivity index (χ1) is 11.5. The molecule has 5 nitrogen and oxygen atoms in total. The quantitative estimate of drug-likeness (QED) is 0.483. The van der Waals surface area contributed by atoms with Gasteiger partial charge in [-0.3, -0.25) is 4.79 Å². The van der Waals surface area contributed by atoms with Crippen molar-refractivity contribution >= 4 is 5.97 Å². The first kappa shape index (κ1) is 23.1. The second-order valence-electron chi connectivity index (χ2n) is 7.88. The molecule has 2 aliphatic rings. The highest BCUT2D eigenvalue weighted by molar-refractivity contribution is 5.78. The van der Waals surface area contributed by atoms with Crippen molar-refractivity contribution in [1.82, 2.24) is 0 Å². The Kier molecular flexibility index (Phi) is 8.27. The Labute approximate surface area is 167 Å². The lowest BCUT2D eigenvalue weighted by Gasteiger charge is -2.49. The van der Waals surface area contributed by atoms with Gasteiger partial charge in [0.2, 0.25) is 0 Å². The van der Waals surface area contributed by atoms with Crippen LogP contribution in [0.25, 0.3) is 0 Å². The second-order valence-corrected chi connectivity index (χ2v) is 7.88. The van der Waals surface area contributed by atoms with E-state index < -0.39 is 5.92 Å². The van der Waals surface area contributed by atoms with Crippen LogP contribution in [-0.2, 0) is 9.53 Å². The highest BCUT2D eigenvalue weighted by atomic mass is 79.9. The number of hydrogen-bond donors (Lipinski definition) is 1. The van der Waals surface area contributed by atoms with Crippen LogP contribution in [0.5, 0.6) is 0 Å². The summed E-state index contributed by atoms with van der Waals surface area (Å²) in [5, 5.41) is 9.65. The number of quaternary nitrogens is 1. The molecule has 1 aromatic carbocycles. The fraction of sp³-hybridized carbons (Fsp3) is 0.650.